The molecule has 33 heavy (non-hydrogen) atoms. The molecule has 3 aromatic rings. The van der Waals surface area contributed by atoms with Gasteiger partial charge in [0.05, 0.1) is 17.8 Å². The number of aromatic nitrogens is 2. The number of halogens is 1. The first-order chi connectivity index (χ1) is 16.0. The van der Waals surface area contributed by atoms with Crippen LogP contribution >= 0.6 is 0 Å². The zero-order valence-corrected chi connectivity index (χ0v) is 18.9. The predicted molar refractivity (Wildman–Crippen MR) is 124 cm³/mol. The molecular formula is C25H27FN6O. The largest absolute Gasteiger partial charge is 0.310 e. The lowest BCUT2D eigenvalue weighted by Crippen LogP contribution is -2.48. The van der Waals surface area contributed by atoms with Gasteiger partial charge in [0, 0.05) is 50.3 Å². The van der Waals surface area contributed by atoms with Crippen LogP contribution < -0.4 is 5.32 Å². The van der Waals surface area contributed by atoms with Gasteiger partial charge in [-0.15, -0.1) is 0 Å². The smallest absolute Gasteiger partial charge is 0.239 e. The minimum atomic E-state index is -0.339. The molecule has 1 fully saturated rings. The maximum Gasteiger partial charge on any atom is 0.239 e. The second-order valence-electron chi connectivity index (χ2n) is 8.28. The second-order valence-corrected chi connectivity index (χ2v) is 8.28. The summed E-state index contributed by atoms with van der Waals surface area (Å²) in [5.74, 6) is -0.0861. The number of benzene rings is 1. The minimum absolute atomic E-state index is 0.175. The van der Waals surface area contributed by atoms with E-state index in [-0.39, 0.29) is 18.3 Å². The number of carbonyl (C=O) groups excluding carboxylic acids is 1. The van der Waals surface area contributed by atoms with Crippen molar-refractivity contribution < 1.29 is 9.18 Å². The van der Waals surface area contributed by atoms with Gasteiger partial charge < -0.3 is 5.32 Å². The Morgan fingerprint density at radius 2 is 1.79 bits per heavy atom. The molecule has 2 aromatic heterocycles. The third-order valence-corrected chi connectivity index (χ3v) is 6.11. The van der Waals surface area contributed by atoms with Crippen LogP contribution in [0.15, 0.2) is 48.7 Å². The lowest BCUT2D eigenvalue weighted by atomic mass is 10.2. The first-order valence-electron chi connectivity index (χ1n) is 11.0. The van der Waals surface area contributed by atoms with E-state index in [1.54, 1.807) is 22.9 Å². The van der Waals surface area contributed by atoms with Crippen molar-refractivity contribution in [2.24, 2.45) is 0 Å². The number of amides is 1. The number of pyridine rings is 1. The van der Waals surface area contributed by atoms with Crippen LogP contribution in [0.3, 0.4) is 0 Å². The van der Waals surface area contributed by atoms with E-state index in [0.29, 0.717) is 17.1 Å². The third-order valence-electron chi connectivity index (χ3n) is 6.11. The fourth-order valence-corrected chi connectivity index (χ4v) is 4.17. The van der Waals surface area contributed by atoms with Crippen molar-refractivity contribution in [2.45, 2.75) is 20.4 Å². The molecule has 0 saturated carbocycles. The van der Waals surface area contributed by atoms with Gasteiger partial charge in [0.2, 0.25) is 5.91 Å². The lowest BCUT2D eigenvalue weighted by molar-refractivity contribution is -0.117. The van der Waals surface area contributed by atoms with Gasteiger partial charge in [0.1, 0.15) is 17.7 Å². The highest BCUT2D eigenvalue weighted by Crippen LogP contribution is 2.30. The highest BCUT2D eigenvalue weighted by Gasteiger charge is 2.23. The summed E-state index contributed by atoms with van der Waals surface area (Å²) in [6.07, 6.45) is 1.80. The fourth-order valence-electron chi connectivity index (χ4n) is 4.17. The quantitative estimate of drug-likeness (QED) is 0.629. The normalized spacial score (nSPS) is 14.7. The summed E-state index contributed by atoms with van der Waals surface area (Å²) in [6.45, 7) is 8.06. The van der Waals surface area contributed by atoms with Crippen LogP contribution in [0.1, 0.15) is 22.5 Å². The molecule has 3 heterocycles. The van der Waals surface area contributed by atoms with Gasteiger partial charge >= 0.3 is 0 Å². The standard InChI is InChI=1S/C25H27FN6O/c1-18-19(2)32(22-8-6-20(26)7-9-22)25(23(18)15-27)29-24(33)17-31-13-11-30(12-14-31)16-21-5-3-4-10-28-21/h3-10H,11-14,16-17H2,1-2H3,(H,29,33). The van der Waals surface area contributed by atoms with Crippen LogP contribution in [-0.4, -0.2) is 58.0 Å². The predicted octanol–water partition coefficient (Wildman–Crippen LogP) is 3.26. The van der Waals surface area contributed by atoms with Crippen molar-refractivity contribution in [2.75, 3.05) is 38.0 Å². The zero-order chi connectivity index (χ0) is 23.4. The van der Waals surface area contributed by atoms with Gasteiger partial charge in [-0.05, 0) is 55.8 Å². The number of anilines is 1. The molecule has 0 radical (unpaired) electrons. The van der Waals surface area contributed by atoms with Crippen molar-refractivity contribution in [1.29, 1.82) is 5.26 Å². The van der Waals surface area contributed by atoms with Crippen LogP contribution in [0.5, 0.6) is 0 Å². The zero-order valence-electron chi connectivity index (χ0n) is 18.9. The van der Waals surface area contributed by atoms with Crippen molar-refractivity contribution >= 4 is 11.7 Å². The van der Waals surface area contributed by atoms with Crippen molar-refractivity contribution in [3.63, 3.8) is 0 Å². The van der Waals surface area contributed by atoms with Gasteiger partial charge in [-0.25, -0.2) is 4.39 Å². The Hall–Kier alpha value is -3.54. The average Bonchev–Trinajstić information content (AvgIpc) is 3.05. The maximum atomic E-state index is 13.4. The Labute approximate surface area is 193 Å². The first-order valence-corrected chi connectivity index (χ1v) is 11.0. The molecule has 0 aliphatic carbocycles. The van der Waals surface area contributed by atoms with Gasteiger partial charge in [0.15, 0.2) is 0 Å². The van der Waals surface area contributed by atoms with Crippen LogP contribution in [0, 0.1) is 31.0 Å². The molecule has 0 spiro atoms. The summed E-state index contributed by atoms with van der Waals surface area (Å²) in [7, 11) is 0. The summed E-state index contributed by atoms with van der Waals surface area (Å²) in [5.41, 5.74) is 3.78. The maximum absolute atomic E-state index is 13.4. The van der Waals surface area contributed by atoms with E-state index >= 15 is 0 Å². The van der Waals surface area contributed by atoms with Gasteiger partial charge in [-0.3, -0.25) is 24.1 Å². The van der Waals surface area contributed by atoms with E-state index in [1.807, 2.05) is 32.0 Å². The number of piperazine rings is 1. The van der Waals surface area contributed by atoms with Crippen LogP contribution in [0.25, 0.3) is 5.69 Å². The molecule has 0 atom stereocenters. The first kappa shape index (κ1) is 22.6. The Morgan fingerprint density at radius 1 is 1.09 bits per heavy atom. The van der Waals surface area contributed by atoms with E-state index in [1.165, 1.54) is 12.1 Å². The highest BCUT2D eigenvalue weighted by molar-refractivity contribution is 5.93. The summed E-state index contributed by atoms with van der Waals surface area (Å²) in [6, 6.07) is 14.1. The number of nitrogens with one attached hydrogen (secondary N) is 1. The SMILES string of the molecule is Cc1c(C#N)c(NC(=O)CN2CCN(Cc3ccccn3)CC2)n(-c2ccc(F)cc2)c1C. The Bertz CT molecular complexity index is 1160. The molecule has 1 saturated heterocycles. The molecule has 1 aliphatic rings. The highest BCUT2D eigenvalue weighted by atomic mass is 19.1. The number of hydrogen-bond donors (Lipinski definition) is 1. The third kappa shape index (κ3) is 5.11. The number of hydrogen-bond acceptors (Lipinski definition) is 5. The van der Waals surface area contributed by atoms with E-state index in [9.17, 15) is 14.4 Å². The summed E-state index contributed by atoms with van der Waals surface area (Å²) in [5, 5.41) is 12.7. The molecule has 8 heteroatoms. The fraction of sp³-hybridized carbons (Fsp3) is 0.320. The Balaban J connectivity index is 1.42. The van der Waals surface area contributed by atoms with Crippen molar-refractivity contribution in [3.05, 3.63) is 77.0 Å². The van der Waals surface area contributed by atoms with E-state index in [0.717, 1.165) is 49.7 Å². The molecule has 1 N–H and O–H groups in total. The van der Waals surface area contributed by atoms with Gasteiger partial charge in [-0.2, -0.15) is 5.26 Å². The molecular weight excluding hydrogens is 419 g/mol. The Kier molecular flexibility index (Phi) is 6.82. The topological polar surface area (TPSA) is 77.2 Å². The van der Waals surface area contributed by atoms with Crippen LogP contribution in [0.2, 0.25) is 0 Å². The van der Waals surface area contributed by atoms with Gasteiger partial charge in [-0.1, -0.05) is 6.07 Å². The minimum Gasteiger partial charge on any atom is -0.310 e. The number of carbonyl (C=O) groups is 1. The Morgan fingerprint density at radius 3 is 2.42 bits per heavy atom. The summed E-state index contributed by atoms with van der Waals surface area (Å²) < 4.78 is 15.2. The molecule has 170 valence electrons. The number of rotatable bonds is 6. The molecule has 7 nitrogen and oxygen atoms in total. The second kappa shape index (κ2) is 9.94. The number of nitrogens with zero attached hydrogens (tertiary/aromatic N) is 5. The van der Waals surface area contributed by atoms with E-state index in [4.69, 9.17) is 0 Å². The van der Waals surface area contributed by atoms with Crippen LogP contribution in [0.4, 0.5) is 10.2 Å². The summed E-state index contributed by atoms with van der Waals surface area (Å²) >= 11 is 0. The van der Waals surface area contributed by atoms with E-state index in [2.05, 4.69) is 26.2 Å². The lowest BCUT2D eigenvalue weighted by Gasteiger charge is -2.34. The molecule has 1 aliphatic heterocycles. The molecule has 4 rings (SSSR count). The van der Waals surface area contributed by atoms with Crippen molar-refractivity contribution in [3.8, 4) is 11.8 Å². The molecule has 1 amide bonds. The molecule has 0 bridgehead atoms. The van der Waals surface area contributed by atoms with Gasteiger partial charge in [0.25, 0.3) is 0 Å². The summed E-state index contributed by atoms with van der Waals surface area (Å²) in [4.78, 5) is 21.7. The molecule has 0 unspecified atom stereocenters. The van der Waals surface area contributed by atoms with Crippen LogP contribution in [-0.2, 0) is 11.3 Å². The average molecular weight is 447 g/mol. The monoisotopic (exact) mass is 446 g/mol. The van der Waals surface area contributed by atoms with Crippen molar-refractivity contribution in [1.82, 2.24) is 19.4 Å². The van der Waals surface area contributed by atoms with E-state index < -0.39 is 0 Å². The number of nitriles is 1. The molecule has 1 aromatic carbocycles.